The summed E-state index contributed by atoms with van der Waals surface area (Å²) in [5, 5.41) is 24.4. The highest BCUT2D eigenvalue weighted by Crippen LogP contribution is 2.18. The van der Waals surface area contributed by atoms with Crippen molar-refractivity contribution < 1.29 is 29.5 Å². The van der Waals surface area contributed by atoms with E-state index in [1.165, 1.54) is 5.48 Å². The molecular formula is C26H33N3O6. The van der Waals surface area contributed by atoms with Gasteiger partial charge < -0.3 is 15.7 Å². The molecule has 0 saturated carbocycles. The van der Waals surface area contributed by atoms with Crippen molar-refractivity contribution >= 4 is 23.5 Å². The van der Waals surface area contributed by atoms with Crippen LogP contribution in [0.3, 0.4) is 0 Å². The molecule has 0 unspecified atom stereocenters. The first kappa shape index (κ1) is 27.7. The van der Waals surface area contributed by atoms with Crippen molar-refractivity contribution in [1.29, 1.82) is 0 Å². The van der Waals surface area contributed by atoms with Crippen LogP contribution in [0.1, 0.15) is 48.7 Å². The predicted octanol–water partition coefficient (Wildman–Crippen LogP) is 1.61. The van der Waals surface area contributed by atoms with E-state index in [-0.39, 0.29) is 24.5 Å². The summed E-state index contributed by atoms with van der Waals surface area (Å²) in [6, 6.07) is 14.7. The zero-order chi connectivity index (χ0) is 26.0. The van der Waals surface area contributed by atoms with Gasteiger partial charge >= 0.3 is 0 Å². The number of likely N-dealkylation sites (N-methyl/N-ethyl adjacent to an activating group) is 1. The van der Waals surface area contributed by atoms with Gasteiger partial charge in [-0.1, -0.05) is 68.4 Å². The van der Waals surface area contributed by atoms with Gasteiger partial charge in [0.15, 0.2) is 5.78 Å². The minimum Gasteiger partial charge on any atom is -0.382 e. The Balaban J connectivity index is 2.20. The van der Waals surface area contributed by atoms with E-state index in [0.717, 1.165) is 0 Å². The van der Waals surface area contributed by atoms with Crippen LogP contribution in [0.2, 0.25) is 0 Å². The lowest BCUT2D eigenvalue weighted by Crippen LogP contribution is -2.53. The van der Waals surface area contributed by atoms with Crippen LogP contribution >= 0.6 is 0 Å². The molecule has 0 bridgehead atoms. The summed E-state index contributed by atoms with van der Waals surface area (Å²) in [5.74, 6) is -3.52. The zero-order valence-corrected chi connectivity index (χ0v) is 20.2. The van der Waals surface area contributed by atoms with E-state index in [4.69, 9.17) is 5.21 Å². The van der Waals surface area contributed by atoms with Crippen LogP contribution < -0.4 is 16.1 Å². The molecule has 0 fully saturated rings. The third-order valence-corrected chi connectivity index (χ3v) is 5.50. The third-order valence-electron chi connectivity index (χ3n) is 5.50. The lowest BCUT2D eigenvalue weighted by molar-refractivity contribution is -0.147. The van der Waals surface area contributed by atoms with Gasteiger partial charge in [0.25, 0.3) is 5.91 Å². The summed E-state index contributed by atoms with van der Waals surface area (Å²) in [6.07, 6.45) is -1.48. The van der Waals surface area contributed by atoms with Crippen molar-refractivity contribution in [3.05, 3.63) is 71.3 Å². The fraction of sp³-hybridized carbons (Fsp3) is 0.385. The SMILES string of the molecule is CCNC(=O)[C@H](Cc1ccc(C(=O)c2ccccc2)cc1)NC(=O)[C@H](CC(C)C)[C@H](O)C(=O)NO. The number of ketones is 1. The van der Waals surface area contributed by atoms with E-state index in [2.05, 4.69) is 10.6 Å². The number of carbonyl (C=O) groups excluding carboxylic acids is 4. The van der Waals surface area contributed by atoms with Crippen LogP contribution in [0.15, 0.2) is 54.6 Å². The number of aliphatic hydroxyl groups is 1. The van der Waals surface area contributed by atoms with Gasteiger partial charge in [-0.2, -0.15) is 0 Å². The van der Waals surface area contributed by atoms with Crippen LogP contribution in [0.25, 0.3) is 0 Å². The fourth-order valence-electron chi connectivity index (χ4n) is 3.71. The molecule has 2 aromatic carbocycles. The molecule has 2 rings (SSSR count). The molecule has 3 atom stereocenters. The van der Waals surface area contributed by atoms with Crippen molar-refractivity contribution in [2.24, 2.45) is 11.8 Å². The Morgan fingerprint density at radius 3 is 2.00 bits per heavy atom. The summed E-state index contributed by atoms with van der Waals surface area (Å²) >= 11 is 0. The average Bonchev–Trinajstić information content (AvgIpc) is 2.86. The summed E-state index contributed by atoms with van der Waals surface area (Å²) in [4.78, 5) is 50.1. The van der Waals surface area contributed by atoms with Crippen LogP contribution in [-0.2, 0) is 20.8 Å². The van der Waals surface area contributed by atoms with E-state index >= 15 is 0 Å². The maximum absolute atomic E-state index is 13.0. The van der Waals surface area contributed by atoms with Gasteiger partial charge in [0.05, 0.1) is 5.92 Å². The first-order chi connectivity index (χ1) is 16.7. The Morgan fingerprint density at radius 2 is 1.46 bits per heavy atom. The van der Waals surface area contributed by atoms with Crippen molar-refractivity contribution in [3.63, 3.8) is 0 Å². The Hall–Kier alpha value is -3.56. The fourth-order valence-corrected chi connectivity index (χ4v) is 3.71. The molecule has 35 heavy (non-hydrogen) atoms. The molecule has 3 amide bonds. The highest BCUT2D eigenvalue weighted by molar-refractivity contribution is 6.08. The molecule has 5 N–H and O–H groups in total. The lowest BCUT2D eigenvalue weighted by atomic mass is 9.90. The minimum absolute atomic E-state index is 0.0375. The lowest BCUT2D eigenvalue weighted by Gasteiger charge is -2.25. The molecule has 0 aliphatic heterocycles. The van der Waals surface area contributed by atoms with E-state index in [1.54, 1.807) is 55.5 Å². The molecule has 0 spiro atoms. The normalized spacial score (nSPS) is 13.4. The zero-order valence-electron chi connectivity index (χ0n) is 20.2. The number of hydrogen-bond donors (Lipinski definition) is 5. The Kier molecular flexibility index (Phi) is 10.6. The largest absolute Gasteiger partial charge is 0.382 e. The molecule has 9 nitrogen and oxygen atoms in total. The maximum Gasteiger partial charge on any atom is 0.272 e. The molecule has 0 radical (unpaired) electrons. The van der Waals surface area contributed by atoms with Gasteiger partial charge in [-0.25, -0.2) is 5.48 Å². The van der Waals surface area contributed by atoms with Crippen LogP contribution in [0.5, 0.6) is 0 Å². The topological polar surface area (TPSA) is 145 Å². The van der Waals surface area contributed by atoms with Crippen molar-refractivity contribution in [3.8, 4) is 0 Å². The van der Waals surface area contributed by atoms with Gasteiger partial charge in [0, 0.05) is 24.1 Å². The number of hydroxylamine groups is 1. The Labute approximate surface area is 204 Å². The van der Waals surface area contributed by atoms with Crippen LogP contribution in [-0.4, -0.2) is 52.5 Å². The Morgan fingerprint density at radius 1 is 0.857 bits per heavy atom. The van der Waals surface area contributed by atoms with Gasteiger partial charge in [-0.15, -0.1) is 0 Å². The first-order valence-corrected chi connectivity index (χ1v) is 11.6. The smallest absolute Gasteiger partial charge is 0.272 e. The molecule has 0 aromatic heterocycles. The summed E-state index contributed by atoms with van der Waals surface area (Å²) < 4.78 is 0. The second-order valence-corrected chi connectivity index (χ2v) is 8.71. The summed E-state index contributed by atoms with van der Waals surface area (Å²) in [7, 11) is 0. The summed E-state index contributed by atoms with van der Waals surface area (Å²) in [6.45, 7) is 5.74. The number of aliphatic hydroxyl groups excluding tert-OH is 1. The quantitative estimate of drug-likeness (QED) is 0.176. The van der Waals surface area contributed by atoms with E-state index < -0.39 is 35.8 Å². The van der Waals surface area contributed by atoms with Gasteiger partial charge in [0.1, 0.15) is 12.1 Å². The number of amides is 3. The average molecular weight is 484 g/mol. The van der Waals surface area contributed by atoms with Crippen molar-refractivity contribution in [1.82, 2.24) is 16.1 Å². The molecule has 2 aromatic rings. The predicted molar refractivity (Wildman–Crippen MR) is 130 cm³/mol. The van der Waals surface area contributed by atoms with E-state index in [1.807, 2.05) is 19.9 Å². The second-order valence-electron chi connectivity index (χ2n) is 8.71. The van der Waals surface area contributed by atoms with Crippen LogP contribution in [0.4, 0.5) is 0 Å². The molecular weight excluding hydrogens is 450 g/mol. The monoisotopic (exact) mass is 483 g/mol. The number of nitrogens with one attached hydrogen (secondary N) is 3. The molecule has 0 saturated heterocycles. The standard InChI is InChI=1S/C26H33N3O6/c1-4-27-25(33)21(28-24(32)20(14-16(2)3)23(31)26(34)29-35)15-17-10-12-19(13-11-17)22(30)18-8-6-5-7-9-18/h5-13,16,20-21,23,31,35H,4,14-15H2,1-3H3,(H,27,33)(H,28,32)(H,29,34)/t20-,21+,23+/m1/s1. The van der Waals surface area contributed by atoms with Crippen molar-refractivity contribution in [2.75, 3.05) is 6.54 Å². The second kappa shape index (κ2) is 13.4. The van der Waals surface area contributed by atoms with Gasteiger partial charge in [0.2, 0.25) is 11.8 Å². The maximum atomic E-state index is 13.0. The molecule has 188 valence electrons. The third kappa shape index (κ3) is 8.01. The number of carbonyl (C=O) groups is 4. The first-order valence-electron chi connectivity index (χ1n) is 11.6. The van der Waals surface area contributed by atoms with E-state index in [0.29, 0.717) is 23.2 Å². The van der Waals surface area contributed by atoms with Crippen LogP contribution in [0, 0.1) is 11.8 Å². The number of hydrogen-bond acceptors (Lipinski definition) is 6. The summed E-state index contributed by atoms with van der Waals surface area (Å²) in [5.41, 5.74) is 3.13. The molecule has 9 heteroatoms. The molecule has 0 aliphatic rings. The molecule has 0 aliphatic carbocycles. The van der Waals surface area contributed by atoms with Gasteiger partial charge in [-0.05, 0) is 24.8 Å². The minimum atomic E-state index is -1.78. The van der Waals surface area contributed by atoms with Gasteiger partial charge in [-0.3, -0.25) is 24.4 Å². The highest BCUT2D eigenvalue weighted by Gasteiger charge is 2.34. The highest BCUT2D eigenvalue weighted by atomic mass is 16.5. The molecule has 0 heterocycles. The van der Waals surface area contributed by atoms with Crippen molar-refractivity contribution in [2.45, 2.75) is 45.8 Å². The number of benzene rings is 2. The number of rotatable bonds is 12. The Bertz CT molecular complexity index is 1010. The van der Waals surface area contributed by atoms with E-state index in [9.17, 15) is 24.3 Å².